The number of carbonyl (C=O) groups excluding carboxylic acids is 1. The highest BCUT2D eigenvalue weighted by molar-refractivity contribution is 6.23. The second-order valence-corrected chi connectivity index (χ2v) is 3.07. The van der Waals surface area contributed by atoms with Gasteiger partial charge in [0.2, 0.25) is 0 Å². The van der Waals surface area contributed by atoms with Crippen LogP contribution in [-0.2, 0) is 4.74 Å². The molecule has 0 bridgehead atoms. The summed E-state index contributed by atoms with van der Waals surface area (Å²) in [7, 11) is 0. The number of alkyl halides is 1. The molecule has 1 heterocycles. The summed E-state index contributed by atoms with van der Waals surface area (Å²) in [4.78, 5) is 10.7. The Bertz CT molecular complexity index is 164. The van der Waals surface area contributed by atoms with Gasteiger partial charge in [0.25, 0.3) is 0 Å². The molecule has 0 saturated carbocycles. The Hall–Kier alpha value is -0.150. The predicted octanol–water partition coefficient (Wildman–Crippen LogP) is 1.59. The van der Waals surface area contributed by atoms with Gasteiger partial charge in [-0.05, 0) is 6.92 Å². The van der Waals surface area contributed by atoms with E-state index in [-0.39, 0.29) is 12.5 Å². The second kappa shape index (κ2) is 2.47. The van der Waals surface area contributed by atoms with Crippen LogP contribution in [0.3, 0.4) is 0 Å². The molecule has 1 rings (SSSR count). The van der Waals surface area contributed by atoms with Crippen molar-refractivity contribution in [1.29, 1.82) is 0 Å². The molecule has 1 atom stereocenters. The Labute approximate surface area is 68.9 Å². The van der Waals surface area contributed by atoms with Crippen molar-refractivity contribution in [2.24, 2.45) is 0 Å². The zero-order valence-electron chi connectivity index (χ0n) is 5.43. The summed E-state index contributed by atoms with van der Waals surface area (Å²) in [5.74, 6) is 0.280. The number of halogens is 2. The molecule has 1 saturated heterocycles. The van der Waals surface area contributed by atoms with Gasteiger partial charge in [0.15, 0.2) is 0 Å². The lowest BCUT2D eigenvalue weighted by molar-refractivity contribution is 0.170. The van der Waals surface area contributed by atoms with Gasteiger partial charge in [0.05, 0.1) is 5.88 Å². The maximum Gasteiger partial charge on any atom is 0.425 e. The number of rotatable bonds is 1. The Kier molecular flexibility index (Phi) is 1.97. The van der Waals surface area contributed by atoms with Gasteiger partial charge in [-0.25, -0.2) is 9.21 Å². The van der Waals surface area contributed by atoms with Crippen LogP contribution in [0.5, 0.6) is 0 Å². The summed E-state index contributed by atoms with van der Waals surface area (Å²) < 4.78 is 5.64. The quantitative estimate of drug-likeness (QED) is 0.457. The molecule has 1 amide bonds. The van der Waals surface area contributed by atoms with Crippen LogP contribution in [0.25, 0.3) is 0 Å². The van der Waals surface area contributed by atoms with E-state index in [1.54, 1.807) is 6.92 Å². The Morgan fingerprint density at radius 3 is 2.70 bits per heavy atom. The number of hydrogen-bond donors (Lipinski definition) is 0. The first kappa shape index (κ1) is 7.95. The number of ether oxygens (including phenoxy) is 1. The van der Waals surface area contributed by atoms with E-state index in [4.69, 9.17) is 23.4 Å². The molecule has 0 aromatic carbocycles. The molecule has 5 heteroatoms. The van der Waals surface area contributed by atoms with Crippen LogP contribution in [0, 0.1) is 0 Å². The summed E-state index contributed by atoms with van der Waals surface area (Å²) in [5, 5.41) is 0. The number of amides is 1. The van der Waals surface area contributed by atoms with Crippen LogP contribution in [-0.4, -0.2) is 28.5 Å². The third-order valence-electron chi connectivity index (χ3n) is 1.43. The fourth-order valence-electron chi connectivity index (χ4n) is 0.642. The van der Waals surface area contributed by atoms with E-state index in [0.717, 1.165) is 4.42 Å². The molecule has 0 radical (unpaired) electrons. The predicted molar refractivity (Wildman–Crippen MR) is 38.2 cm³/mol. The smallest absolute Gasteiger partial charge is 0.425 e. The van der Waals surface area contributed by atoms with Gasteiger partial charge in [0, 0.05) is 11.8 Å². The molecule has 1 fully saturated rings. The standard InChI is InChI=1S/C5H7Cl2NO2/c1-5(2-6)3-10-4(9)8(5)7/h2-3H2,1H3/t5-/m0/s1. The number of carbonyl (C=O) groups is 1. The van der Waals surface area contributed by atoms with Crippen molar-refractivity contribution in [2.75, 3.05) is 12.5 Å². The van der Waals surface area contributed by atoms with E-state index in [0.29, 0.717) is 0 Å². The van der Waals surface area contributed by atoms with Crippen molar-refractivity contribution in [3.8, 4) is 0 Å². The highest BCUT2D eigenvalue weighted by atomic mass is 35.5. The minimum Gasteiger partial charge on any atom is -0.446 e. The molecule has 1 aliphatic rings. The molecule has 10 heavy (non-hydrogen) atoms. The molecule has 0 aliphatic carbocycles. The highest BCUT2D eigenvalue weighted by Crippen LogP contribution is 2.26. The third kappa shape index (κ3) is 1.04. The number of nitrogens with zero attached hydrogens (tertiary/aromatic N) is 1. The monoisotopic (exact) mass is 183 g/mol. The van der Waals surface area contributed by atoms with Crippen LogP contribution in [0.15, 0.2) is 0 Å². The molecule has 0 unspecified atom stereocenters. The molecule has 3 nitrogen and oxygen atoms in total. The van der Waals surface area contributed by atoms with Crippen molar-refractivity contribution < 1.29 is 9.53 Å². The summed E-state index contributed by atoms with van der Waals surface area (Å²) in [6.45, 7) is 2.02. The summed E-state index contributed by atoms with van der Waals surface area (Å²) >= 11 is 11.1. The molecule has 0 aromatic rings. The molecule has 58 valence electrons. The van der Waals surface area contributed by atoms with Gasteiger partial charge >= 0.3 is 6.09 Å². The van der Waals surface area contributed by atoms with Gasteiger partial charge in [-0.1, -0.05) is 0 Å². The summed E-state index contributed by atoms with van der Waals surface area (Å²) in [6.07, 6.45) is -0.523. The first-order chi connectivity index (χ1) is 4.60. The average molecular weight is 184 g/mol. The molecule has 0 N–H and O–H groups in total. The van der Waals surface area contributed by atoms with Crippen LogP contribution >= 0.6 is 23.4 Å². The van der Waals surface area contributed by atoms with Gasteiger partial charge in [-0.2, -0.15) is 0 Å². The zero-order valence-corrected chi connectivity index (χ0v) is 6.95. The summed E-state index contributed by atoms with van der Waals surface area (Å²) in [5.41, 5.74) is -0.541. The van der Waals surface area contributed by atoms with E-state index in [9.17, 15) is 4.79 Å². The van der Waals surface area contributed by atoms with Crippen LogP contribution < -0.4 is 0 Å². The SMILES string of the molecule is C[C@]1(CCl)COC(=O)N1Cl. The summed E-state index contributed by atoms with van der Waals surface area (Å²) in [6, 6.07) is 0. The number of hydrogen-bond acceptors (Lipinski definition) is 2. The minimum atomic E-state index is -0.541. The van der Waals surface area contributed by atoms with E-state index in [1.807, 2.05) is 0 Å². The fourth-order valence-corrected chi connectivity index (χ4v) is 1.06. The Balaban J connectivity index is 2.73. The van der Waals surface area contributed by atoms with E-state index in [2.05, 4.69) is 4.74 Å². The average Bonchev–Trinajstić information content (AvgIpc) is 2.19. The fraction of sp³-hybridized carbons (Fsp3) is 0.800. The molecular weight excluding hydrogens is 177 g/mol. The van der Waals surface area contributed by atoms with Crippen LogP contribution in [0.2, 0.25) is 0 Å². The maximum absolute atomic E-state index is 10.7. The lowest BCUT2D eigenvalue weighted by atomic mass is 10.1. The topological polar surface area (TPSA) is 29.5 Å². The lowest BCUT2D eigenvalue weighted by Crippen LogP contribution is -2.40. The second-order valence-electron chi connectivity index (χ2n) is 2.47. The Morgan fingerprint density at radius 1 is 1.90 bits per heavy atom. The highest BCUT2D eigenvalue weighted by Gasteiger charge is 2.42. The minimum absolute atomic E-state index is 0.263. The van der Waals surface area contributed by atoms with Crippen molar-refractivity contribution in [1.82, 2.24) is 4.42 Å². The first-order valence-corrected chi connectivity index (χ1v) is 3.66. The molecular formula is C5H7Cl2NO2. The first-order valence-electron chi connectivity index (χ1n) is 2.79. The van der Waals surface area contributed by atoms with Gasteiger partial charge in [-0.15, -0.1) is 11.6 Å². The van der Waals surface area contributed by atoms with Crippen molar-refractivity contribution in [3.63, 3.8) is 0 Å². The van der Waals surface area contributed by atoms with Crippen molar-refractivity contribution in [3.05, 3.63) is 0 Å². The number of cyclic esters (lactones) is 1. The van der Waals surface area contributed by atoms with Gasteiger partial charge in [-0.3, -0.25) is 0 Å². The van der Waals surface area contributed by atoms with E-state index < -0.39 is 11.6 Å². The third-order valence-corrected chi connectivity index (χ3v) is 2.55. The Morgan fingerprint density at radius 2 is 2.50 bits per heavy atom. The van der Waals surface area contributed by atoms with Crippen molar-refractivity contribution in [2.45, 2.75) is 12.5 Å². The normalized spacial score (nSPS) is 32.7. The van der Waals surface area contributed by atoms with Gasteiger partial charge in [0.1, 0.15) is 12.1 Å². The van der Waals surface area contributed by atoms with Crippen LogP contribution in [0.4, 0.5) is 4.79 Å². The maximum atomic E-state index is 10.7. The molecule has 1 aliphatic heterocycles. The molecule has 0 aromatic heterocycles. The lowest BCUT2D eigenvalue weighted by Gasteiger charge is -2.22. The molecule has 0 spiro atoms. The van der Waals surface area contributed by atoms with Gasteiger partial charge < -0.3 is 4.74 Å². The largest absolute Gasteiger partial charge is 0.446 e. The van der Waals surface area contributed by atoms with Crippen LogP contribution in [0.1, 0.15) is 6.92 Å². The van der Waals surface area contributed by atoms with E-state index in [1.165, 1.54) is 0 Å². The van der Waals surface area contributed by atoms with Crippen molar-refractivity contribution >= 4 is 29.5 Å². The van der Waals surface area contributed by atoms with E-state index >= 15 is 0 Å². The zero-order chi connectivity index (χ0) is 7.78.